The van der Waals surface area contributed by atoms with Crippen LogP contribution in [-0.2, 0) is 0 Å². The van der Waals surface area contributed by atoms with Crippen LogP contribution in [0.1, 0.15) is 65.2 Å². The summed E-state index contributed by atoms with van der Waals surface area (Å²) in [6.45, 7) is 1.51. The lowest BCUT2D eigenvalue weighted by atomic mass is 9.85. The third kappa shape index (κ3) is 3.84. The van der Waals surface area contributed by atoms with E-state index < -0.39 is 0 Å². The van der Waals surface area contributed by atoms with Crippen LogP contribution in [0.25, 0.3) is 28.0 Å². The molecule has 2 aliphatic rings. The van der Waals surface area contributed by atoms with Gasteiger partial charge in [-0.3, -0.25) is 19.7 Å². The highest BCUT2D eigenvalue weighted by Crippen LogP contribution is 2.45. The van der Waals surface area contributed by atoms with Gasteiger partial charge in [-0.2, -0.15) is 14.7 Å². The van der Waals surface area contributed by atoms with E-state index in [0.29, 0.717) is 29.7 Å². The Morgan fingerprint density at radius 2 is 1.75 bits per heavy atom. The quantitative estimate of drug-likeness (QED) is 0.323. The Balaban J connectivity index is 1.26. The molecule has 6 heterocycles. The number of anilines is 1. The van der Waals surface area contributed by atoms with Gasteiger partial charge in [0.25, 0.3) is 5.91 Å². The van der Waals surface area contributed by atoms with Crippen molar-refractivity contribution in [2.24, 2.45) is 0 Å². The van der Waals surface area contributed by atoms with Crippen molar-refractivity contribution in [2.75, 3.05) is 5.73 Å². The van der Waals surface area contributed by atoms with E-state index in [1.807, 2.05) is 53.6 Å². The average molecular weight is 534 g/mol. The van der Waals surface area contributed by atoms with Crippen LogP contribution in [0.4, 0.5) is 5.82 Å². The topological polar surface area (TPSA) is 148 Å². The number of aromatic nitrogens is 7. The molecule has 1 amide bonds. The highest BCUT2D eigenvalue weighted by Gasteiger charge is 2.45. The van der Waals surface area contributed by atoms with Gasteiger partial charge in [0.15, 0.2) is 11.4 Å². The number of piperidine rings is 1. The van der Waals surface area contributed by atoms with E-state index in [-0.39, 0.29) is 41.3 Å². The molecule has 0 saturated carbocycles. The number of nitrogens with one attached hydrogen (secondary N) is 1. The molecule has 0 radical (unpaired) electrons. The number of benzene rings is 1. The number of hydrogen-bond acceptors (Lipinski definition) is 8. The Labute approximate surface area is 229 Å². The number of amides is 1. The number of nitrogens with zero attached hydrogens (tertiary/aromatic N) is 7. The molecule has 1 aromatic carbocycles. The van der Waals surface area contributed by atoms with Crippen LogP contribution in [0.15, 0.2) is 61.2 Å². The first kappa shape index (κ1) is 24.1. The summed E-state index contributed by atoms with van der Waals surface area (Å²) in [5.41, 5.74) is 11.8. The zero-order chi connectivity index (χ0) is 27.4. The summed E-state index contributed by atoms with van der Waals surface area (Å²) in [5, 5.41) is 11.0. The Hall–Kier alpha value is -4.93. The molecule has 0 aliphatic carbocycles. The molecule has 11 heteroatoms. The fraction of sp³-hybridized carbons (Fsp3) is 0.276. The van der Waals surface area contributed by atoms with Gasteiger partial charge in [0.05, 0.1) is 23.1 Å². The van der Waals surface area contributed by atoms with Gasteiger partial charge in [0, 0.05) is 40.9 Å². The van der Waals surface area contributed by atoms with Gasteiger partial charge in [0.1, 0.15) is 12.1 Å². The van der Waals surface area contributed by atoms with Gasteiger partial charge in [0.2, 0.25) is 5.82 Å². The van der Waals surface area contributed by atoms with Crippen molar-refractivity contribution in [2.45, 2.75) is 50.6 Å². The summed E-state index contributed by atoms with van der Waals surface area (Å²) < 4.78 is 1.54. The zero-order valence-corrected chi connectivity index (χ0v) is 21.9. The van der Waals surface area contributed by atoms with Gasteiger partial charge in [-0.1, -0.05) is 36.4 Å². The number of H-pyrrole nitrogens is 1. The molecule has 2 aliphatic heterocycles. The molecule has 40 heavy (non-hydrogen) atoms. The number of nitrogens with two attached hydrogens (primary N) is 1. The number of fused-ring (bicyclic) bond motifs is 3. The normalized spacial score (nSPS) is 20.2. The third-order valence-corrected chi connectivity index (χ3v) is 8.18. The zero-order valence-electron chi connectivity index (χ0n) is 21.9. The fourth-order valence-corrected chi connectivity index (χ4v) is 6.39. The molecule has 2 saturated heterocycles. The van der Waals surface area contributed by atoms with E-state index in [1.54, 1.807) is 6.20 Å². The molecule has 0 spiro atoms. The van der Waals surface area contributed by atoms with E-state index in [9.17, 15) is 9.59 Å². The molecule has 3 N–H and O–H groups in total. The minimum Gasteiger partial charge on any atom is -0.383 e. The summed E-state index contributed by atoms with van der Waals surface area (Å²) in [6, 6.07) is 14.0. The average Bonchev–Trinajstić information content (AvgIpc) is 3.71. The molecule has 4 aromatic heterocycles. The molecule has 2 fully saturated rings. The van der Waals surface area contributed by atoms with Crippen molar-refractivity contribution in [1.82, 2.24) is 39.7 Å². The summed E-state index contributed by atoms with van der Waals surface area (Å²) in [7, 11) is 0. The summed E-state index contributed by atoms with van der Waals surface area (Å²) in [4.78, 5) is 41.7. The van der Waals surface area contributed by atoms with Crippen LogP contribution in [0.5, 0.6) is 0 Å². The number of rotatable bonds is 5. The SMILES string of the molecule is CC(=O)c1c(C2CC3CC[C@@H](C2)N3C(=O)c2ncn[nH]2)nc2c(-c3ccc(-c4ccccc4)nc3)cnn2c1N. The highest BCUT2D eigenvalue weighted by molar-refractivity contribution is 6.00. The minimum absolute atomic E-state index is 0.0243. The molecule has 2 unspecified atom stereocenters. The van der Waals surface area contributed by atoms with E-state index in [0.717, 1.165) is 35.2 Å². The van der Waals surface area contributed by atoms with Crippen molar-refractivity contribution in [3.05, 3.63) is 78.3 Å². The molecule has 5 aromatic rings. The van der Waals surface area contributed by atoms with Crippen LogP contribution < -0.4 is 5.73 Å². The number of hydrogen-bond donors (Lipinski definition) is 2. The first-order valence-corrected chi connectivity index (χ1v) is 13.4. The second kappa shape index (κ2) is 9.37. The number of aromatic amines is 1. The maximum atomic E-state index is 13.1. The van der Waals surface area contributed by atoms with Crippen molar-refractivity contribution < 1.29 is 9.59 Å². The summed E-state index contributed by atoms with van der Waals surface area (Å²) in [5.74, 6) is 0.214. The maximum Gasteiger partial charge on any atom is 0.291 e. The number of nitrogen functional groups attached to an aromatic ring is 1. The summed E-state index contributed by atoms with van der Waals surface area (Å²) >= 11 is 0. The predicted molar refractivity (Wildman–Crippen MR) is 147 cm³/mol. The highest BCUT2D eigenvalue weighted by atomic mass is 16.2. The van der Waals surface area contributed by atoms with E-state index in [1.165, 1.54) is 17.8 Å². The Morgan fingerprint density at radius 3 is 2.40 bits per heavy atom. The number of pyridine rings is 1. The molecule has 3 atom stereocenters. The van der Waals surface area contributed by atoms with Crippen LogP contribution in [0.2, 0.25) is 0 Å². The monoisotopic (exact) mass is 533 g/mol. The fourth-order valence-electron chi connectivity index (χ4n) is 6.39. The first-order valence-electron chi connectivity index (χ1n) is 13.4. The molecular formula is C29H27N9O2. The number of Topliss-reactive ketones (excluding diaryl/α,β-unsaturated/α-hetero) is 1. The standard InChI is InChI=1S/C29H27N9O2/c1-16(39)24-25(19-11-20-8-9-21(12-19)37(20)29(40)27-32-15-33-36-27)35-28-22(14-34-38(28)26(24)30)18-7-10-23(31-13-18)17-5-3-2-4-6-17/h2-7,10,13-15,19-21H,8-9,11-12,30H2,1H3,(H,32,33,36)/t19?,20-,21?/m0/s1. The third-order valence-electron chi connectivity index (χ3n) is 8.18. The lowest BCUT2D eigenvalue weighted by Gasteiger charge is -2.38. The minimum atomic E-state index is -0.152. The number of carbonyl (C=O) groups is 2. The second-order valence-electron chi connectivity index (χ2n) is 10.5. The van der Waals surface area contributed by atoms with Crippen molar-refractivity contribution in [3.8, 4) is 22.4 Å². The molecule has 2 bridgehead atoms. The Morgan fingerprint density at radius 1 is 0.975 bits per heavy atom. The van der Waals surface area contributed by atoms with Gasteiger partial charge in [-0.15, -0.1) is 0 Å². The lowest BCUT2D eigenvalue weighted by molar-refractivity contribution is 0.0556. The molecule has 11 nitrogen and oxygen atoms in total. The van der Waals surface area contributed by atoms with Crippen LogP contribution in [0, 0.1) is 0 Å². The van der Waals surface area contributed by atoms with Crippen molar-refractivity contribution in [1.29, 1.82) is 0 Å². The van der Waals surface area contributed by atoms with Gasteiger partial charge >= 0.3 is 0 Å². The number of ketones is 1. The van der Waals surface area contributed by atoms with Crippen LogP contribution in [-0.4, -0.2) is 63.4 Å². The Kier molecular flexibility index (Phi) is 5.65. The first-order chi connectivity index (χ1) is 19.5. The van der Waals surface area contributed by atoms with Crippen LogP contribution >= 0.6 is 0 Å². The molecule has 7 rings (SSSR count). The largest absolute Gasteiger partial charge is 0.383 e. The Bertz CT molecular complexity index is 1720. The lowest BCUT2D eigenvalue weighted by Crippen LogP contribution is -2.46. The summed E-state index contributed by atoms with van der Waals surface area (Å²) in [6.07, 6.45) is 8.04. The van der Waals surface area contributed by atoms with Crippen LogP contribution in [0.3, 0.4) is 0 Å². The predicted octanol–water partition coefficient (Wildman–Crippen LogP) is 3.91. The van der Waals surface area contributed by atoms with E-state index >= 15 is 0 Å². The van der Waals surface area contributed by atoms with Crippen molar-refractivity contribution >= 4 is 23.2 Å². The molecular weight excluding hydrogens is 506 g/mol. The second-order valence-corrected chi connectivity index (χ2v) is 10.5. The smallest absolute Gasteiger partial charge is 0.291 e. The van der Waals surface area contributed by atoms with Gasteiger partial charge in [-0.25, -0.2) is 9.97 Å². The molecule has 200 valence electrons. The van der Waals surface area contributed by atoms with Gasteiger partial charge in [-0.05, 0) is 38.7 Å². The maximum absolute atomic E-state index is 13.1. The van der Waals surface area contributed by atoms with Crippen molar-refractivity contribution in [3.63, 3.8) is 0 Å². The van der Waals surface area contributed by atoms with Gasteiger partial charge < -0.3 is 10.6 Å². The number of carbonyl (C=O) groups excluding carboxylic acids is 2. The van der Waals surface area contributed by atoms with E-state index in [4.69, 9.17) is 10.7 Å². The van der Waals surface area contributed by atoms with E-state index in [2.05, 4.69) is 25.3 Å².